The topological polar surface area (TPSA) is 114 Å². The molecule has 0 radical (unpaired) electrons. The van der Waals surface area contributed by atoms with Crippen LogP contribution in [0.1, 0.15) is 16.6 Å². The Kier molecular flexibility index (Phi) is 4.06. The van der Waals surface area contributed by atoms with Crippen molar-refractivity contribution in [3.8, 4) is 0 Å². The fraction of sp³-hybridized carbons (Fsp3) is 0.357. The maximum absolute atomic E-state index is 12.7. The van der Waals surface area contributed by atoms with Crippen LogP contribution < -0.4 is 10.3 Å². The highest BCUT2D eigenvalue weighted by Crippen LogP contribution is 2.35. The number of hydrogen-bond acceptors (Lipinski definition) is 9. The number of thiophene rings is 1. The quantitative estimate of drug-likeness (QED) is 0.596. The molecule has 0 aromatic carbocycles. The van der Waals surface area contributed by atoms with Crippen LogP contribution in [-0.4, -0.2) is 49.2 Å². The highest BCUT2D eigenvalue weighted by molar-refractivity contribution is 7.12. The van der Waals surface area contributed by atoms with Crippen molar-refractivity contribution in [1.82, 2.24) is 5.43 Å². The van der Waals surface area contributed by atoms with E-state index in [0.717, 1.165) is 16.2 Å². The summed E-state index contributed by atoms with van der Waals surface area (Å²) in [7, 11) is 1.21. The van der Waals surface area contributed by atoms with E-state index < -0.39 is 35.7 Å². The Morgan fingerprint density at radius 2 is 2.08 bits per heavy atom. The Labute approximate surface area is 140 Å². The Bertz CT molecular complexity index is 770. The second kappa shape index (κ2) is 6.04. The summed E-state index contributed by atoms with van der Waals surface area (Å²) in [5, 5.41) is 5.34. The molecular weight excluding hydrogens is 338 g/mol. The molecule has 1 aromatic heterocycles. The molecule has 3 rings (SSSR count). The molecule has 0 bridgehead atoms. The number of hydrazone groups is 1. The molecule has 0 saturated carbocycles. The number of anilines is 1. The number of nitrogens with one attached hydrogen (secondary N) is 1. The molecule has 1 fully saturated rings. The van der Waals surface area contributed by atoms with Gasteiger partial charge in [-0.05, 0) is 18.4 Å². The number of imide groups is 1. The van der Waals surface area contributed by atoms with Crippen LogP contribution in [-0.2, 0) is 23.9 Å². The van der Waals surface area contributed by atoms with Gasteiger partial charge in [0.1, 0.15) is 16.8 Å². The minimum absolute atomic E-state index is 0.123. The van der Waals surface area contributed by atoms with E-state index in [-0.39, 0.29) is 22.9 Å². The number of esters is 2. The Morgan fingerprint density at radius 1 is 1.33 bits per heavy atom. The van der Waals surface area contributed by atoms with Gasteiger partial charge >= 0.3 is 11.9 Å². The predicted molar refractivity (Wildman–Crippen MR) is 82.6 cm³/mol. The maximum Gasteiger partial charge on any atom is 0.355 e. The number of rotatable bonds is 4. The molecule has 2 aliphatic heterocycles. The molecule has 1 N–H and O–H groups in total. The van der Waals surface area contributed by atoms with Gasteiger partial charge in [0.2, 0.25) is 5.91 Å². The van der Waals surface area contributed by atoms with Gasteiger partial charge in [-0.3, -0.25) is 15.0 Å². The van der Waals surface area contributed by atoms with Gasteiger partial charge < -0.3 is 9.47 Å². The van der Waals surface area contributed by atoms with Crippen molar-refractivity contribution in [2.45, 2.75) is 13.0 Å². The van der Waals surface area contributed by atoms with Gasteiger partial charge in [0.05, 0.1) is 19.4 Å². The summed E-state index contributed by atoms with van der Waals surface area (Å²) in [5.74, 6) is -3.69. The van der Waals surface area contributed by atoms with E-state index in [0.29, 0.717) is 0 Å². The minimum Gasteiger partial charge on any atom is -0.465 e. The first-order valence-corrected chi connectivity index (χ1v) is 7.93. The average Bonchev–Trinajstić information content (AvgIpc) is 3.25. The lowest BCUT2D eigenvalue weighted by molar-refractivity contribution is -0.136. The normalized spacial score (nSPS) is 22.1. The number of carbonyl (C=O) groups is 4. The van der Waals surface area contributed by atoms with Crippen molar-refractivity contribution in [2.75, 3.05) is 18.6 Å². The van der Waals surface area contributed by atoms with Gasteiger partial charge in [-0.1, -0.05) is 0 Å². The molecule has 0 spiro atoms. The summed E-state index contributed by atoms with van der Waals surface area (Å²) in [6.45, 7) is 1.75. The van der Waals surface area contributed by atoms with Crippen LogP contribution in [0.25, 0.3) is 0 Å². The third kappa shape index (κ3) is 2.26. The molecule has 126 valence electrons. The first-order valence-electron chi connectivity index (χ1n) is 7.05. The Hall–Kier alpha value is -2.75. The zero-order valence-electron chi connectivity index (χ0n) is 12.8. The Balaban J connectivity index is 1.94. The number of fused-ring (bicyclic) bond motifs is 1. The van der Waals surface area contributed by atoms with Gasteiger partial charge in [0, 0.05) is 0 Å². The highest BCUT2D eigenvalue weighted by atomic mass is 32.1. The summed E-state index contributed by atoms with van der Waals surface area (Å²) in [4.78, 5) is 50.0. The van der Waals surface area contributed by atoms with Crippen LogP contribution in [0.2, 0.25) is 0 Å². The monoisotopic (exact) mass is 351 g/mol. The van der Waals surface area contributed by atoms with Gasteiger partial charge in [0.15, 0.2) is 5.71 Å². The van der Waals surface area contributed by atoms with Crippen LogP contribution >= 0.6 is 11.3 Å². The van der Waals surface area contributed by atoms with Crippen LogP contribution in [0.4, 0.5) is 5.69 Å². The van der Waals surface area contributed by atoms with Crippen LogP contribution in [0, 0.1) is 5.92 Å². The summed E-state index contributed by atoms with van der Waals surface area (Å²) in [5.41, 5.74) is 2.50. The van der Waals surface area contributed by atoms with E-state index in [1.165, 1.54) is 13.2 Å². The van der Waals surface area contributed by atoms with Gasteiger partial charge in [0.25, 0.3) is 5.91 Å². The van der Waals surface area contributed by atoms with E-state index in [1.54, 1.807) is 12.3 Å². The van der Waals surface area contributed by atoms with Crippen molar-refractivity contribution in [2.24, 2.45) is 11.0 Å². The van der Waals surface area contributed by atoms with Crippen molar-refractivity contribution in [3.05, 3.63) is 16.3 Å². The maximum atomic E-state index is 12.7. The highest BCUT2D eigenvalue weighted by Gasteiger charge is 2.56. The van der Waals surface area contributed by atoms with E-state index in [2.05, 4.69) is 15.3 Å². The minimum atomic E-state index is -1.07. The lowest BCUT2D eigenvalue weighted by Crippen LogP contribution is -2.36. The zero-order valence-corrected chi connectivity index (χ0v) is 13.6. The van der Waals surface area contributed by atoms with Crippen molar-refractivity contribution in [1.29, 1.82) is 0 Å². The lowest BCUT2D eigenvalue weighted by atomic mass is 9.99. The van der Waals surface area contributed by atoms with Gasteiger partial charge in [-0.25, -0.2) is 14.5 Å². The second-order valence-corrected chi connectivity index (χ2v) is 5.86. The molecule has 1 aromatic rings. The number of methoxy groups -OCH3 is 1. The average molecular weight is 351 g/mol. The second-order valence-electron chi connectivity index (χ2n) is 4.94. The third-order valence-corrected chi connectivity index (χ3v) is 4.55. The summed E-state index contributed by atoms with van der Waals surface area (Å²) >= 11 is 1.05. The van der Waals surface area contributed by atoms with E-state index in [1.807, 2.05) is 0 Å². The predicted octanol–water partition coefficient (Wildman–Crippen LogP) is -0.0850. The van der Waals surface area contributed by atoms with Gasteiger partial charge in [-0.2, -0.15) is 5.10 Å². The fourth-order valence-electron chi connectivity index (χ4n) is 2.62. The summed E-state index contributed by atoms with van der Waals surface area (Å²) in [6.07, 6.45) is 0. The molecule has 3 heterocycles. The molecule has 0 aliphatic carbocycles. The fourth-order valence-corrected chi connectivity index (χ4v) is 3.42. The first kappa shape index (κ1) is 16.1. The van der Waals surface area contributed by atoms with Crippen LogP contribution in [0.5, 0.6) is 0 Å². The first-order chi connectivity index (χ1) is 11.5. The van der Waals surface area contributed by atoms with E-state index in [4.69, 9.17) is 4.74 Å². The van der Waals surface area contributed by atoms with Crippen LogP contribution in [0.15, 0.2) is 16.5 Å². The number of ether oxygens (including phenoxy) is 2. The van der Waals surface area contributed by atoms with Crippen molar-refractivity contribution >= 4 is 46.5 Å². The van der Waals surface area contributed by atoms with E-state index >= 15 is 0 Å². The number of hydrogen-bond donors (Lipinski definition) is 1. The molecule has 2 atom stereocenters. The van der Waals surface area contributed by atoms with Crippen molar-refractivity contribution in [3.63, 3.8) is 0 Å². The number of nitrogens with zero attached hydrogens (tertiary/aromatic N) is 2. The SMILES string of the molecule is CCOC(=O)C1=NN[C@@H]2C(=O)N(c3ccsc3C(=O)OC)C(=O)[C@H]12. The molecule has 2 aliphatic rings. The van der Waals surface area contributed by atoms with Gasteiger partial charge in [-0.15, -0.1) is 11.3 Å². The smallest absolute Gasteiger partial charge is 0.355 e. The third-order valence-electron chi connectivity index (χ3n) is 3.67. The molecule has 9 nitrogen and oxygen atoms in total. The molecule has 0 unspecified atom stereocenters. The molecular formula is C14H13N3O6S. The van der Waals surface area contributed by atoms with Crippen LogP contribution in [0.3, 0.4) is 0 Å². The molecule has 24 heavy (non-hydrogen) atoms. The van der Waals surface area contributed by atoms with E-state index in [9.17, 15) is 19.2 Å². The summed E-state index contributed by atoms with van der Waals surface area (Å²) < 4.78 is 9.52. The zero-order chi connectivity index (χ0) is 17.4. The summed E-state index contributed by atoms with van der Waals surface area (Å²) in [6, 6.07) is 0.497. The molecule has 2 amide bonds. The lowest BCUT2D eigenvalue weighted by Gasteiger charge is -2.15. The Morgan fingerprint density at radius 3 is 2.75 bits per heavy atom. The molecule has 10 heteroatoms. The molecule has 1 saturated heterocycles. The number of carbonyl (C=O) groups excluding carboxylic acids is 4. The largest absolute Gasteiger partial charge is 0.465 e. The van der Waals surface area contributed by atoms with Crippen molar-refractivity contribution < 1.29 is 28.7 Å². The number of amides is 2. The standard InChI is InChI=1S/C14H13N3O6S/c1-3-23-13(20)9-7-8(15-16-9)12(19)17(11(7)18)6-4-5-24-10(6)14(21)22-2/h4-5,7-8,15H,3H2,1-2H3/t7-,8-/m0/s1.